The van der Waals surface area contributed by atoms with Crippen molar-refractivity contribution in [2.45, 2.75) is 26.4 Å². The summed E-state index contributed by atoms with van der Waals surface area (Å²) >= 11 is 0. The van der Waals surface area contributed by atoms with E-state index in [9.17, 15) is 0 Å². The van der Waals surface area contributed by atoms with E-state index >= 15 is 0 Å². The van der Waals surface area contributed by atoms with Gasteiger partial charge >= 0.3 is 0 Å². The van der Waals surface area contributed by atoms with Crippen LogP contribution in [-0.2, 0) is 4.74 Å². The average Bonchev–Trinajstić information content (AvgIpc) is 1.88. The summed E-state index contributed by atoms with van der Waals surface area (Å²) in [5.41, 5.74) is 0. The summed E-state index contributed by atoms with van der Waals surface area (Å²) in [6, 6.07) is 0. The van der Waals surface area contributed by atoms with Crippen LogP contribution in [0.4, 0.5) is 0 Å². The van der Waals surface area contributed by atoms with Gasteiger partial charge in [0, 0.05) is 13.3 Å². The van der Waals surface area contributed by atoms with Crippen LogP contribution in [0.1, 0.15) is 20.3 Å². The van der Waals surface area contributed by atoms with Crippen molar-refractivity contribution in [2.24, 2.45) is 5.16 Å². The van der Waals surface area contributed by atoms with E-state index in [1.165, 1.54) is 0 Å². The number of rotatable bonds is 3. The molecule has 10 heavy (non-hydrogen) atoms. The molecule has 1 atom stereocenters. The van der Waals surface area contributed by atoms with E-state index in [-0.39, 0.29) is 12.0 Å². The Hall–Kier alpha value is -0.990. The first-order valence-electron chi connectivity index (χ1n) is 3.17. The van der Waals surface area contributed by atoms with Crippen molar-refractivity contribution >= 4 is 5.90 Å². The Labute approximate surface area is 61.0 Å². The topological polar surface area (TPSA) is 41.8 Å². The van der Waals surface area contributed by atoms with Gasteiger partial charge in [-0.15, -0.1) is 6.58 Å². The standard InChI is InChI=1S/C7H13NO2/c1-4-5-6(2)10-7(3)8-9/h4,6,9H,1,5H2,2-3H3. The van der Waals surface area contributed by atoms with Gasteiger partial charge in [-0.05, 0) is 6.92 Å². The molecule has 0 radical (unpaired) electrons. The van der Waals surface area contributed by atoms with Crippen molar-refractivity contribution in [1.82, 2.24) is 0 Å². The van der Waals surface area contributed by atoms with Gasteiger partial charge in [-0.3, -0.25) is 0 Å². The number of ether oxygens (including phenoxy) is 1. The highest BCUT2D eigenvalue weighted by molar-refractivity contribution is 5.72. The Kier molecular flexibility index (Phi) is 4.37. The fourth-order valence-electron chi connectivity index (χ4n) is 0.598. The number of oxime groups is 1. The van der Waals surface area contributed by atoms with E-state index in [0.29, 0.717) is 0 Å². The highest BCUT2D eigenvalue weighted by atomic mass is 16.5. The first-order valence-corrected chi connectivity index (χ1v) is 3.17. The molecule has 0 aliphatic heterocycles. The van der Waals surface area contributed by atoms with Gasteiger partial charge in [0.1, 0.15) is 6.10 Å². The molecular weight excluding hydrogens is 130 g/mol. The minimum Gasteiger partial charge on any atom is -0.476 e. The van der Waals surface area contributed by atoms with E-state index in [0.717, 1.165) is 6.42 Å². The molecule has 0 spiro atoms. The molecule has 1 N–H and O–H groups in total. The lowest BCUT2D eigenvalue weighted by molar-refractivity contribution is 0.189. The molecule has 3 heteroatoms. The minimum absolute atomic E-state index is 0.0356. The maximum atomic E-state index is 8.19. The third-order valence-corrected chi connectivity index (χ3v) is 1.01. The van der Waals surface area contributed by atoms with E-state index < -0.39 is 0 Å². The first-order chi connectivity index (χ1) is 4.70. The molecule has 0 aromatic carbocycles. The lowest BCUT2D eigenvalue weighted by Gasteiger charge is -2.09. The first kappa shape index (κ1) is 9.01. The van der Waals surface area contributed by atoms with Crippen molar-refractivity contribution in [2.75, 3.05) is 0 Å². The maximum Gasteiger partial charge on any atom is 0.222 e. The Morgan fingerprint density at radius 1 is 1.90 bits per heavy atom. The molecule has 0 aliphatic carbocycles. The zero-order valence-electron chi connectivity index (χ0n) is 6.37. The van der Waals surface area contributed by atoms with Crippen LogP contribution in [0.15, 0.2) is 17.8 Å². The molecule has 0 aromatic rings. The second-order valence-electron chi connectivity index (χ2n) is 2.07. The quantitative estimate of drug-likeness (QED) is 0.215. The monoisotopic (exact) mass is 143 g/mol. The molecule has 58 valence electrons. The number of hydrogen-bond donors (Lipinski definition) is 1. The third-order valence-electron chi connectivity index (χ3n) is 1.01. The lowest BCUT2D eigenvalue weighted by atomic mass is 10.3. The normalized spacial score (nSPS) is 14.4. The van der Waals surface area contributed by atoms with Gasteiger partial charge in [0.2, 0.25) is 5.90 Å². The van der Waals surface area contributed by atoms with Gasteiger partial charge in [-0.2, -0.15) is 0 Å². The van der Waals surface area contributed by atoms with Gasteiger partial charge in [0.05, 0.1) is 0 Å². The molecule has 3 nitrogen and oxygen atoms in total. The van der Waals surface area contributed by atoms with Crippen LogP contribution < -0.4 is 0 Å². The molecule has 0 aromatic heterocycles. The molecule has 0 saturated heterocycles. The summed E-state index contributed by atoms with van der Waals surface area (Å²) in [6.07, 6.45) is 2.55. The Bertz CT molecular complexity index is 132. The molecule has 0 aliphatic rings. The van der Waals surface area contributed by atoms with E-state index in [4.69, 9.17) is 9.94 Å². The summed E-state index contributed by atoms with van der Waals surface area (Å²) < 4.78 is 5.07. The molecule has 0 rings (SSSR count). The van der Waals surface area contributed by atoms with E-state index in [1.807, 2.05) is 6.92 Å². The highest BCUT2D eigenvalue weighted by Crippen LogP contribution is 1.98. The highest BCUT2D eigenvalue weighted by Gasteiger charge is 2.00. The van der Waals surface area contributed by atoms with Crippen LogP contribution in [0.2, 0.25) is 0 Å². The van der Waals surface area contributed by atoms with Gasteiger partial charge in [0.15, 0.2) is 0 Å². The maximum absolute atomic E-state index is 8.19. The van der Waals surface area contributed by atoms with Gasteiger partial charge in [0.25, 0.3) is 0 Å². The zero-order chi connectivity index (χ0) is 7.98. The van der Waals surface area contributed by atoms with Gasteiger partial charge in [-0.1, -0.05) is 11.2 Å². The van der Waals surface area contributed by atoms with Gasteiger partial charge < -0.3 is 9.94 Å². The average molecular weight is 143 g/mol. The van der Waals surface area contributed by atoms with Crippen LogP contribution >= 0.6 is 0 Å². The lowest BCUT2D eigenvalue weighted by Crippen LogP contribution is -2.11. The minimum atomic E-state index is 0.0356. The predicted octanol–water partition coefficient (Wildman–Crippen LogP) is 1.78. The van der Waals surface area contributed by atoms with Crippen LogP contribution in [0, 0.1) is 0 Å². The molecule has 0 saturated carbocycles. The van der Waals surface area contributed by atoms with Crippen LogP contribution in [0.3, 0.4) is 0 Å². The number of hydrogen-bond acceptors (Lipinski definition) is 3. The molecule has 0 bridgehead atoms. The summed E-state index contributed by atoms with van der Waals surface area (Å²) in [5.74, 6) is 0.286. The fraction of sp³-hybridized carbons (Fsp3) is 0.571. The molecule has 0 heterocycles. The van der Waals surface area contributed by atoms with Gasteiger partial charge in [-0.25, -0.2) is 0 Å². The molecule has 0 fully saturated rings. The molecule has 0 amide bonds. The molecule has 1 unspecified atom stereocenters. The van der Waals surface area contributed by atoms with Crippen molar-refractivity contribution < 1.29 is 9.94 Å². The van der Waals surface area contributed by atoms with E-state index in [1.54, 1.807) is 13.0 Å². The van der Waals surface area contributed by atoms with Crippen molar-refractivity contribution in [3.63, 3.8) is 0 Å². The smallest absolute Gasteiger partial charge is 0.222 e. The SMILES string of the molecule is C=CCC(C)OC(C)=NO. The Balaban J connectivity index is 3.56. The zero-order valence-corrected chi connectivity index (χ0v) is 6.37. The Morgan fingerprint density at radius 2 is 2.50 bits per heavy atom. The molecular formula is C7H13NO2. The van der Waals surface area contributed by atoms with Crippen LogP contribution in [-0.4, -0.2) is 17.2 Å². The fourth-order valence-corrected chi connectivity index (χ4v) is 0.598. The van der Waals surface area contributed by atoms with E-state index in [2.05, 4.69) is 11.7 Å². The van der Waals surface area contributed by atoms with Crippen molar-refractivity contribution in [3.05, 3.63) is 12.7 Å². The second kappa shape index (κ2) is 4.85. The van der Waals surface area contributed by atoms with Crippen molar-refractivity contribution in [3.8, 4) is 0 Å². The summed E-state index contributed by atoms with van der Waals surface area (Å²) in [4.78, 5) is 0. The van der Waals surface area contributed by atoms with Crippen LogP contribution in [0.25, 0.3) is 0 Å². The van der Waals surface area contributed by atoms with Crippen LogP contribution in [0.5, 0.6) is 0 Å². The summed E-state index contributed by atoms with van der Waals surface area (Å²) in [7, 11) is 0. The summed E-state index contributed by atoms with van der Waals surface area (Å²) in [5, 5.41) is 11.1. The summed E-state index contributed by atoms with van der Waals surface area (Å²) in [6.45, 7) is 7.03. The van der Waals surface area contributed by atoms with Crippen molar-refractivity contribution in [1.29, 1.82) is 0 Å². The Morgan fingerprint density at radius 3 is 2.90 bits per heavy atom. The number of nitrogens with zero attached hydrogens (tertiary/aromatic N) is 1. The second-order valence-corrected chi connectivity index (χ2v) is 2.07. The predicted molar refractivity (Wildman–Crippen MR) is 40.3 cm³/mol. The largest absolute Gasteiger partial charge is 0.476 e. The third kappa shape index (κ3) is 3.95.